The summed E-state index contributed by atoms with van der Waals surface area (Å²) in [5.41, 5.74) is 0. The maximum absolute atomic E-state index is 11.8. The van der Waals surface area contributed by atoms with Gasteiger partial charge in [0.25, 0.3) is 0 Å². The van der Waals surface area contributed by atoms with Crippen molar-refractivity contribution in [2.24, 2.45) is 5.92 Å². The molecule has 0 saturated heterocycles. The molecular formula is C19H20O16. The molecule has 16 heteroatoms. The predicted octanol–water partition coefficient (Wildman–Crippen LogP) is -3.03. The van der Waals surface area contributed by atoms with Gasteiger partial charge in [-0.3, -0.25) is 28.8 Å². The standard InChI is InChI=1S/C19H20O16/c1-7(15(27)35-19(31)11(23)6-14(26)33-17(29)9(3)21)4-12(24)34-18(30)10(22)5-13(25)32-16(28)8(2)20/h7,10-11,22-23H,4-6H2,1-3H3. The van der Waals surface area contributed by atoms with Gasteiger partial charge in [-0.1, -0.05) is 6.92 Å². The summed E-state index contributed by atoms with van der Waals surface area (Å²) in [6, 6.07) is 0. The molecule has 192 valence electrons. The molecule has 3 atom stereocenters. The van der Waals surface area contributed by atoms with Crippen LogP contribution in [0.15, 0.2) is 0 Å². The molecule has 0 bridgehead atoms. The summed E-state index contributed by atoms with van der Waals surface area (Å²) in [4.78, 5) is 113. The molecular weight excluding hydrogens is 484 g/mol. The lowest BCUT2D eigenvalue weighted by Gasteiger charge is -2.13. The number of hydrogen-bond donors (Lipinski definition) is 2. The monoisotopic (exact) mass is 504 g/mol. The molecule has 35 heavy (non-hydrogen) atoms. The van der Waals surface area contributed by atoms with Crippen LogP contribution in [-0.4, -0.2) is 81.7 Å². The molecule has 0 aliphatic rings. The van der Waals surface area contributed by atoms with Crippen LogP contribution in [0.4, 0.5) is 0 Å². The van der Waals surface area contributed by atoms with Crippen LogP contribution in [0.25, 0.3) is 0 Å². The molecule has 0 heterocycles. The van der Waals surface area contributed by atoms with Crippen molar-refractivity contribution in [3.8, 4) is 0 Å². The Labute approximate surface area is 195 Å². The number of esters is 8. The van der Waals surface area contributed by atoms with E-state index in [1.54, 1.807) is 0 Å². The average Bonchev–Trinajstić information content (AvgIpc) is 2.72. The second-order valence-corrected chi connectivity index (χ2v) is 6.71. The number of carbonyl (C=O) groups is 10. The second kappa shape index (κ2) is 14.2. The number of aliphatic hydroxyl groups is 2. The topological polar surface area (TPSA) is 248 Å². The van der Waals surface area contributed by atoms with E-state index in [4.69, 9.17) is 0 Å². The second-order valence-electron chi connectivity index (χ2n) is 6.71. The van der Waals surface area contributed by atoms with E-state index < -0.39 is 96.7 Å². The fourth-order valence-corrected chi connectivity index (χ4v) is 1.74. The highest BCUT2D eigenvalue weighted by molar-refractivity contribution is 6.34. The molecule has 3 unspecified atom stereocenters. The van der Waals surface area contributed by atoms with Crippen molar-refractivity contribution in [2.75, 3.05) is 0 Å². The van der Waals surface area contributed by atoms with Crippen molar-refractivity contribution in [2.45, 2.75) is 52.2 Å². The van der Waals surface area contributed by atoms with Gasteiger partial charge in [-0.25, -0.2) is 19.2 Å². The molecule has 0 aromatic rings. The van der Waals surface area contributed by atoms with Gasteiger partial charge in [-0.2, -0.15) is 0 Å². The first-order valence-electron chi connectivity index (χ1n) is 9.42. The van der Waals surface area contributed by atoms with Crippen LogP contribution >= 0.6 is 0 Å². The number of aliphatic hydroxyl groups excluding tert-OH is 2. The zero-order valence-electron chi connectivity index (χ0n) is 18.5. The maximum atomic E-state index is 11.8. The molecule has 0 aliphatic carbocycles. The van der Waals surface area contributed by atoms with Gasteiger partial charge in [0.15, 0.2) is 12.2 Å². The van der Waals surface area contributed by atoms with Crippen LogP contribution in [0, 0.1) is 5.92 Å². The van der Waals surface area contributed by atoms with Crippen molar-refractivity contribution in [1.82, 2.24) is 0 Å². The first-order valence-corrected chi connectivity index (χ1v) is 9.42. The van der Waals surface area contributed by atoms with Crippen molar-refractivity contribution < 1.29 is 77.1 Å². The summed E-state index contributed by atoms with van der Waals surface area (Å²) < 4.78 is 16.4. The van der Waals surface area contributed by atoms with E-state index in [1.807, 2.05) is 0 Å². The largest absolute Gasteiger partial charge is 0.391 e. The van der Waals surface area contributed by atoms with Gasteiger partial charge in [0.2, 0.25) is 11.6 Å². The molecule has 0 aromatic carbocycles. The van der Waals surface area contributed by atoms with Crippen molar-refractivity contribution in [3.63, 3.8) is 0 Å². The summed E-state index contributed by atoms with van der Waals surface area (Å²) in [5.74, 6) is -15.9. The van der Waals surface area contributed by atoms with Gasteiger partial charge in [-0.05, 0) is 0 Å². The number of hydrogen-bond acceptors (Lipinski definition) is 16. The molecule has 0 rings (SSSR count). The van der Waals surface area contributed by atoms with Crippen molar-refractivity contribution in [1.29, 1.82) is 0 Å². The Hall–Kier alpha value is -4.18. The van der Waals surface area contributed by atoms with Crippen LogP contribution in [0.3, 0.4) is 0 Å². The molecule has 0 aromatic heterocycles. The van der Waals surface area contributed by atoms with E-state index in [9.17, 15) is 58.2 Å². The quantitative estimate of drug-likeness (QED) is 0.123. The van der Waals surface area contributed by atoms with E-state index in [-0.39, 0.29) is 0 Å². The first-order chi connectivity index (χ1) is 16.0. The highest BCUT2D eigenvalue weighted by atomic mass is 16.6. The van der Waals surface area contributed by atoms with Crippen LogP contribution < -0.4 is 0 Å². The highest BCUT2D eigenvalue weighted by Crippen LogP contribution is 2.10. The Kier molecular flexibility index (Phi) is 12.5. The molecule has 2 N–H and O–H groups in total. The van der Waals surface area contributed by atoms with Gasteiger partial charge >= 0.3 is 47.8 Å². The normalized spacial score (nSPS) is 12.7. The predicted molar refractivity (Wildman–Crippen MR) is 101 cm³/mol. The molecule has 0 aliphatic heterocycles. The smallest absolute Gasteiger partial charge is 0.381 e. The van der Waals surface area contributed by atoms with Crippen LogP contribution in [0.1, 0.15) is 40.0 Å². The molecule has 0 radical (unpaired) electrons. The van der Waals surface area contributed by atoms with Crippen LogP contribution in [0.2, 0.25) is 0 Å². The lowest BCUT2D eigenvalue weighted by molar-refractivity contribution is -0.176. The number of rotatable bonds is 11. The average molecular weight is 504 g/mol. The summed E-state index contributed by atoms with van der Waals surface area (Å²) in [7, 11) is 0. The minimum absolute atomic E-state index is 0.798. The van der Waals surface area contributed by atoms with Gasteiger partial charge in [-0.15, -0.1) is 0 Å². The van der Waals surface area contributed by atoms with E-state index in [1.165, 1.54) is 0 Å². The minimum atomic E-state index is -2.27. The highest BCUT2D eigenvalue weighted by Gasteiger charge is 2.30. The summed E-state index contributed by atoms with van der Waals surface area (Å²) in [6.45, 7) is 2.63. The zero-order valence-corrected chi connectivity index (χ0v) is 18.5. The molecule has 0 fully saturated rings. The van der Waals surface area contributed by atoms with Gasteiger partial charge in [0.1, 0.15) is 0 Å². The summed E-state index contributed by atoms with van der Waals surface area (Å²) in [6.07, 6.45) is -7.70. The number of ketones is 2. The molecule has 0 amide bonds. The SMILES string of the molecule is CC(=O)C(=O)OC(=O)CC(O)C(=O)OC(=O)CC(C)C(=O)OC(=O)C(O)CC(=O)OC(=O)C(C)=O. The van der Waals surface area contributed by atoms with Gasteiger partial charge in [0.05, 0.1) is 25.2 Å². The number of Topliss-reactive ketones (excluding diaryl/α,β-unsaturated/α-hetero) is 2. The first kappa shape index (κ1) is 30.8. The van der Waals surface area contributed by atoms with Crippen molar-refractivity contribution in [3.05, 3.63) is 0 Å². The Bertz CT molecular complexity index is 944. The van der Waals surface area contributed by atoms with Gasteiger partial charge in [0, 0.05) is 13.8 Å². The lowest BCUT2D eigenvalue weighted by atomic mass is 10.1. The fourth-order valence-electron chi connectivity index (χ4n) is 1.74. The molecule has 16 nitrogen and oxygen atoms in total. The molecule has 0 saturated carbocycles. The summed E-state index contributed by atoms with van der Waals surface area (Å²) in [5, 5.41) is 19.0. The zero-order chi connectivity index (χ0) is 27.5. The van der Waals surface area contributed by atoms with E-state index in [2.05, 4.69) is 18.9 Å². The minimum Gasteiger partial charge on any atom is -0.391 e. The lowest BCUT2D eigenvalue weighted by Crippen LogP contribution is -2.33. The maximum Gasteiger partial charge on any atom is 0.381 e. The van der Waals surface area contributed by atoms with Gasteiger partial charge < -0.3 is 29.2 Å². The summed E-state index contributed by atoms with van der Waals surface area (Å²) >= 11 is 0. The third-order valence-corrected chi connectivity index (χ3v) is 3.54. The van der Waals surface area contributed by atoms with E-state index >= 15 is 0 Å². The Morgan fingerprint density at radius 1 is 0.543 bits per heavy atom. The van der Waals surface area contributed by atoms with E-state index in [0.717, 1.165) is 20.8 Å². The number of ether oxygens (including phenoxy) is 4. The van der Waals surface area contributed by atoms with Crippen LogP contribution in [-0.2, 0) is 66.9 Å². The number of carbonyl (C=O) groups excluding carboxylic acids is 10. The Morgan fingerprint density at radius 2 is 0.886 bits per heavy atom. The third-order valence-electron chi connectivity index (χ3n) is 3.54. The molecule has 0 spiro atoms. The fraction of sp³-hybridized carbons (Fsp3) is 0.474. The van der Waals surface area contributed by atoms with Crippen molar-refractivity contribution >= 4 is 59.3 Å². The third kappa shape index (κ3) is 12.0. The Morgan fingerprint density at radius 3 is 1.26 bits per heavy atom. The van der Waals surface area contributed by atoms with Crippen LogP contribution in [0.5, 0.6) is 0 Å². The van der Waals surface area contributed by atoms with E-state index in [0.29, 0.717) is 0 Å². The Balaban J connectivity index is 4.61.